The molecule has 3 rings (SSSR count). The van der Waals surface area contributed by atoms with Gasteiger partial charge in [0, 0.05) is 12.8 Å². The molecule has 2 N–H and O–H groups in total. The number of hydrogen-bond acceptors (Lipinski definition) is 6. The van der Waals surface area contributed by atoms with Gasteiger partial charge >= 0.3 is 0 Å². The van der Waals surface area contributed by atoms with Crippen LogP contribution in [0.2, 0.25) is 0 Å². The lowest BCUT2D eigenvalue weighted by Crippen LogP contribution is -2.23. The number of tetrazole rings is 1. The first-order chi connectivity index (χ1) is 9.81. The van der Waals surface area contributed by atoms with Gasteiger partial charge in [-0.2, -0.15) is 5.21 Å². The summed E-state index contributed by atoms with van der Waals surface area (Å²) in [6.07, 6.45) is 1.04. The molecule has 0 aliphatic rings. The van der Waals surface area contributed by atoms with Gasteiger partial charge < -0.3 is 5.32 Å². The number of hydrogen-bond donors (Lipinski definition) is 2. The highest BCUT2D eigenvalue weighted by Crippen LogP contribution is 2.22. The van der Waals surface area contributed by atoms with Crippen LogP contribution >= 0.6 is 11.3 Å². The number of nitrogens with zero attached hydrogens (tertiary/aromatic N) is 4. The number of carbonyl (C=O) groups is 1. The van der Waals surface area contributed by atoms with E-state index in [0.29, 0.717) is 18.7 Å². The smallest absolute Gasteiger partial charge is 0.220 e. The maximum Gasteiger partial charge on any atom is 0.220 e. The molecule has 8 heteroatoms. The molecule has 0 fully saturated rings. The number of carbonyl (C=O) groups excluding carboxylic acids is 1. The number of H-pyrrole nitrogens is 1. The SMILES string of the molecule is O=C(CCc1nc2ccccc2s1)NCc1nn[nH]n1. The molecule has 0 aliphatic carbocycles. The predicted octanol–water partition coefficient (Wildman–Crippen LogP) is 1.06. The first-order valence-electron chi connectivity index (χ1n) is 6.15. The Hall–Kier alpha value is -2.35. The van der Waals surface area contributed by atoms with Gasteiger partial charge in [0.15, 0.2) is 5.82 Å². The number of fused-ring (bicyclic) bond motifs is 1. The number of nitrogens with one attached hydrogen (secondary N) is 2. The fourth-order valence-corrected chi connectivity index (χ4v) is 2.74. The van der Waals surface area contributed by atoms with Crippen molar-refractivity contribution in [3.05, 3.63) is 35.1 Å². The Balaban J connectivity index is 1.52. The fourth-order valence-electron chi connectivity index (χ4n) is 1.77. The van der Waals surface area contributed by atoms with Crippen molar-refractivity contribution >= 4 is 27.5 Å². The van der Waals surface area contributed by atoms with E-state index in [4.69, 9.17) is 0 Å². The van der Waals surface area contributed by atoms with Gasteiger partial charge in [0.1, 0.15) is 0 Å². The molecule has 0 bridgehead atoms. The zero-order valence-corrected chi connectivity index (χ0v) is 11.4. The number of para-hydroxylation sites is 1. The molecular formula is C12H12N6OS. The Morgan fingerprint density at radius 3 is 3.05 bits per heavy atom. The van der Waals surface area contributed by atoms with Crippen molar-refractivity contribution in [2.75, 3.05) is 0 Å². The Morgan fingerprint density at radius 2 is 2.25 bits per heavy atom. The summed E-state index contributed by atoms with van der Waals surface area (Å²) < 4.78 is 1.15. The number of amides is 1. The largest absolute Gasteiger partial charge is 0.349 e. The molecule has 0 unspecified atom stereocenters. The summed E-state index contributed by atoms with van der Waals surface area (Å²) in [6, 6.07) is 7.96. The number of aromatic amines is 1. The number of aromatic nitrogens is 5. The number of thiazole rings is 1. The van der Waals surface area contributed by atoms with Gasteiger partial charge in [-0.3, -0.25) is 4.79 Å². The summed E-state index contributed by atoms with van der Waals surface area (Å²) in [5.41, 5.74) is 0.986. The van der Waals surface area contributed by atoms with E-state index >= 15 is 0 Å². The maximum absolute atomic E-state index is 11.7. The second-order valence-corrected chi connectivity index (χ2v) is 5.30. The summed E-state index contributed by atoms with van der Waals surface area (Å²) >= 11 is 1.62. The van der Waals surface area contributed by atoms with Crippen LogP contribution in [-0.4, -0.2) is 31.5 Å². The van der Waals surface area contributed by atoms with E-state index in [1.54, 1.807) is 11.3 Å². The van der Waals surface area contributed by atoms with Gasteiger partial charge in [0.2, 0.25) is 5.91 Å². The third-order valence-corrected chi connectivity index (χ3v) is 3.83. The minimum Gasteiger partial charge on any atom is -0.349 e. The molecule has 102 valence electrons. The minimum absolute atomic E-state index is 0.0472. The highest BCUT2D eigenvalue weighted by Gasteiger charge is 2.07. The third kappa shape index (κ3) is 2.97. The van der Waals surface area contributed by atoms with Gasteiger partial charge in [-0.25, -0.2) is 4.98 Å². The number of benzene rings is 1. The molecule has 1 aromatic carbocycles. The lowest BCUT2D eigenvalue weighted by Gasteiger charge is -2.00. The molecule has 2 heterocycles. The molecule has 0 saturated carbocycles. The van der Waals surface area contributed by atoms with Crippen LogP contribution in [0.1, 0.15) is 17.3 Å². The molecule has 1 amide bonds. The highest BCUT2D eigenvalue weighted by atomic mass is 32.1. The molecule has 20 heavy (non-hydrogen) atoms. The van der Waals surface area contributed by atoms with Crippen molar-refractivity contribution in [3.63, 3.8) is 0 Å². The average molecular weight is 288 g/mol. The van der Waals surface area contributed by atoms with Crippen molar-refractivity contribution in [2.24, 2.45) is 0 Å². The van der Waals surface area contributed by atoms with E-state index in [9.17, 15) is 4.79 Å². The van der Waals surface area contributed by atoms with Crippen molar-refractivity contribution in [1.29, 1.82) is 0 Å². The van der Waals surface area contributed by atoms with Crippen LogP contribution in [0.3, 0.4) is 0 Å². The van der Waals surface area contributed by atoms with E-state index in [-0.39, 0.29) is 12.5 Å². The van der Waals surface area contributed by atoms with E-state index in [0.717, 1.165) is 15.2 Å². The lowest BCUT2D eigenvalue weighted by atomic mass is 10.3. The highest BCUT2D eigenvalue weighted by molar-refractivity contribution is 7.18. The molecule has 0 radical (unpaired) electrons. The predicted molar refractivity (Wildman–Crippen MR) is 74.0 cm³/mol. The quantitative estimate of drug-likeness (QED) is 0.731. The maximum atomic E-state index is 11.7. The van der Waals surface area contributed by atoms with Crippen LogP contribution < -0.4 is 5.32 Å². The number of rotatable bonds is 5. The molecule has 0 saturated heterocycles. The van der Waals surface area contributed by atoms with Gasteiger partial charge in [-0.15, -0.1) is 21.5 Å². The normalized spacial score (nSPS) is 10.8. The molecule has 2 aromatic heterocycles. The van der Waals surface area contributed by atoms with Crippen molar-refractivity contribution in [3.8, 4) is 0 Å². The standard InChI is InChI=1S/C12H12N6OS/c19-11(13-7-10-15-17-18-16-10)5-6-12-14-8-3-1-2-4-9(8)20-12/h1-4H,5-7H2,(H,13,19)(H,15,16,17,18). The summed E-state index contributed by atoms with van der Waals surface area (Å²) in [5.74, 6) is 0.424. The summed E-state index contributed by atoms with van der Waals surface area (Å²) in [7, 11) is 0. The van der Waals surface area contributed by atoms with Crippen LogP contribution in [0, 0.1) is 0 Å². The van der Waals surface area contributed by atoms with Gasteiger partial charge in [0.25, 0.3) is 0 Å². The average Bonchev–Trinajstić information content (AvgIpc) is 3.11. The van der Waals surface area contributed by atoms with Crippen molar-refractivity contribution in [1.82, 2.24) is 30.9 Å². The lowest BCUT2D eigenvalue weighted by molar-refractivity contribution is -0.121. The fraction of sp³-hybridized carbons (Fsp3) is 0.250. The van der Waals surface area contributed by atoms with Crippen LogP contribution in [0.5, 0.6) is 0 Å². The molecule has 0 aliphatic heterocycles. The minimum atomic E-state index is -0.0472. The Morgan fingerprint density at radius 1 is 1.35 bits per heavy atom. The second-order valence-electron chi connectivity index (χ2n) is 4.18. The van der Waals surface area contributed by atoms with Crippen LogP contribution in [0.25, 0.3) is 10.2 Å². The first kappa shape index (κ1) is 12.7. The van der Waals surface area contributed by atoms with E-state index < -0.39 is 0 Å². The molecule has 0 atom stereocenters. The molecular weight excluding hydrogens is 276 g/mol. The Bertz CT molecular complexity index is 675. The third-order valence-electron chi connectivity index (χ3n) is 2.74. The van der Waals surface area contributed by atoms with Gasteiger partial charge in [-0.1, -0.05) is 17.3 Å². The molecule has 3 aromatic rings. The van der Waals surface area contributed by atoms with Crippen molar-refractivity contribution < 1.29 is 4.79 Å². The summed E-state index contributed by atoms with van der Waals surface area (Å²) in [4.78, 5) is 16.2. The van der Waals surface area contributed by atoms with Crippen molar-refractivity contribution in [2.45, 2.75) is 19.4 Å². The zero-order valence-electron chi connectivity index (χ0n) is 10.5. The van der Waals surface area contributed by atoms with Crippen LogP contribution in [0.15, 0.2) is 24.3 Å². The first-order valence-corrected chi connectivity index (χ1v) is 6.96. The second kappa shape index (κ2) is 5.74. The van der Waals surface area contributed by atoms with E-state index in [1.165, 1.54) is 0 Å². The Kier molecular flexibility index (Phi) is 3.64. The van der Waals surface area contributed by atoms with Crippen LogP contribution in [-0.2, 0) is 17.8 Å². The summed E-state index contributed by atoms with van der Waals surface area (Å²) in [6.45, 7) is 0.287. The molecule has 0 spiro atoms. The summed E-state index contributed by atoms with van der Waals surface area (Å²) in [5, 5.41) is 17.0. The zero-order chi connectivity index (χ0) is 13.8. The molecule has 7 nitrogen and oxygen atoms in total. The van der Waals surface area contributed by atoms with Crippen LogP contribution in [0.4, 0.5) is 0 Å². The van der Waals surface area contributed by atoms with Gasteiger partial charge in [-0.05, 0) is 12.1 Å². The van der Waals surface area contributed by atoms with Gasteiger partial charge in [0.05, 0.1) is 21.8 Å². The Labute approximate surface area is 118 Å². The topological polar surface area (TPSA) is 96.5 Å². The number of aryl methyl sites for hydroxylation is 1. The van der Waals surface area contributed by atoms with E-state index in [2.05, 4.69) is 30.9 Å². The van der Waals surface area contributed by atoms with E-state index in [1.807, 2.05) is 24.3 Å². The monoisotopic (exact) mass is 288 g/mol.